The average molecular weight is 502 g/mol. The van der Waals surface area contributed by atoms with Crippen molar-refractivity contribution in [2.24, 2.45) is 0 Å². The van der Waals surface area contributed by atoms with Crippen LogP contribution in [0.4, 0.5) is 0 Å². The van der Waals surface area contributed by atoms with Gasteiger partial charge in [-0.15, -0.1) is 0 Å². The van der Waals surface area contributed by atoms with Crippen molar-refractivity contribution in [2.75, 3.05) is 26.9 Å². The molecule has 0 fully saturated rings. The Bertz CT molecular complexity index is 822. The van der Waals surface area contributed by atoms with E-state index in [4.69, 9.17) is 18.9 Å². The van der Waals surface area contributed by atoms with E-state index in [-0.39, 0.29) is 6.61 Å². The molecule has 8 heteroatoms. The van der Waals surface area contributed by atoms with Gasteiger partial charge in [0.25, 0.3) is 0 Å². The molecule has 0 aromatic heterocycles. The number of benzene rings is 2. The smallest absolute Gasteiger partial charge is 0.343 e. The van der Waals surface area contributed by atoms with Crippen LogP contribution < -0.4 is 9.47 Å². The number of halogens is 2. The Morgan fingerprint density at radius 1 is 0.889 bits per heavy atom. The van der Waals surface area contributed by atoms with Crippen LogP contribution in [-0.2, 0) is 9.47 Å². The highest BCUT2D eigenvalue weighted by atomic mass is 79.9. The first-order valence-electron chi connectivity index (χ1n) is 8.06. The van der Waals surface area contributed by atoms with Crippen LogP contribution in [0.15, 0.2) is 45.3 Å². The van der Waals surface area contributed by atoms with E-state index in [0.29, 0.717) is 44.8 Å². The second-order valence-corrected chi connectivity index (χ2v) is 6.95. The quantitative estimate of drug-likeness (QED) is 0.298. The molecule has 27 heavy (non-hydrogen) atoms. The first-order chi connectivity index (χ1) is 13.0. The second-order valence-electron chi connectivity index (χ2n) is 5.24. The third kappa shape index (κ3) is 6.05. The minimum Gasteiger partial charge on any atom is -0.490 e. The monoisotopic (exact) mass is 500 g/mol. The lowest BCUT2D eigenvalue weighted by Crippen LogP contribution is -2.10. The third-order valence-corrected chi connectivity index (χ3v) is 4.60. The maximum atomic E-state index is 12.4. The summed E-state index contributed by atoms with van der Waals surface area (Å²) >= 11 is 6.68. The van der Waals surface area contributed by atoms with Crippen LogP contribution in [0.2, 0.25) is 0 Å². The van der Waals surface area contributed by atoms with Gasteiger partial charge in [0.05, 0.1) is 33.3 Å². The molecule has 0 amide bonds. The second kappa shape index (κ2) is 10.4. The number of methoxy groups -OCH3 is 1. The van der Waals surface area contributed by atoms with Crippen molar-refractivity contribution in [1.82, 2.24) is 0 Å². The van der Waals surface area contributed by atoms with Crippen LogP contribution in [0.25, 0.3) is 0 Å². The number of rotatable bonds is 8. The summed E-state index contributed by atoms with van der Waals surface area (Å²) in [5.41, 5.74) is 0.714. The van der Waals surface area contributed by atoms with E-state index in [1.165, 1.54) is 12.1 Å². The number of hydrogen-bond acceptors (Lipinski definition) is 6. The maximum absolute atomic E-state index is 12.4. The summed E-state index contributed by atoms with van der Waals surface area (Å²) in [7, 11) is 1.59. The van der Waals surface area contributed by atoms with E-state index < -0.39 is 11.9 Å². The molecule has 6 nitrogen and oxygen atoms in total. The summed E-state index contributed by atoms with van der Waals surface area (Å²) in [6.07, 6.45) is 0. The van der Waals surface area contributed by atoms with Gasteiger partial charge in [0.1, 0.15) is 18.1 Å². The number of hydrogen-bond donors (Lipinski definition) is 0. The molecule has 2 aromatic rings. The van der Waals surface area contributed by atoms with Crippen molar-refractivity contribution >= 4 is 43.8 Å². The lowest BCUT2D eigenvalue weighted by atomic mass is 10.2. The fourth-order valence-electron chi connectivity index (χ4n) is 2.06. The summed E-state index contributed by atoms with van der Waals surface area (Å²) in [4.78, 5) is 24.1. The van der Waals surface area contributed by atoms with Crippen LogP contribution in [0.3, 0.4) is 0 Å². The maximum Gasteiger partial charge on any atom is 0.343 e. The van der Waals surface area contributed by atoms with Crippen molar-refractivity contribution in [2.45, 2.75) is 6.92 Å². The summed E-state index contributed by atoms with van der Waals surface area (Å²) in [5.74, 6) is -0.0824. The molecule has 0 aliphatic heterocycles. The SMILES string of the molecule is CCOC(=O)c1ccc(OC(=O)c2ccc(OCCOC)c(Br)c2)c(Br)c1. The van der Waals surface area contributed by atoms with E-state index in [9.17, 15) is 9.59 Å². The van der Waals surface area contributed by atoms with Crippen molar-refractivity contribution in [3.05, 3.63) is 56.5 Å². The van der Waals surface area contributed by atoms with Gasteiger partial charge in [0, 0.05) is 7.11 Å². The third-order valence-electron chi connectivity index (χ3n) is 3.36. The molecule has 0 N–H and O–H groups in total. The molecular formula is C19H18Br2O6. The lowest BCUT2D eigenvalue weighted by molar-refractivity contribution is 0.0526. The zero-order valence-electron chi connectivity index (χ0n) is 14.8. The summed E-state index contributed by atoms with van der Waals surface area (Å²) in [6.45, 7) is 2.88. The van der Waals surface area contributed by atoms with E-state index in [1.54, 1.807) is 38.3 Å². The molecule has 0 spiro atoms. The predicted molar refractivity (Wildman–Crippen MR) is 107 cm³/mol. The van der Waals surface area contributed by atoms with Crippen molar-refractivity contribution in [3.63, 3.8) is 0 Å². The van der Waals surface area contributed by atoms with Crippen LogP contribution >= 0.6 is 31.9 Å². The molecule has 0 unspecified atom stereocenters. The van der Waals surface area contributed by atoms with Crippen molar-refractivity contribution < 1.29 is 28.5 Å². The fourth-order valence-corrected chi connectivity index (χ4v) is 3.02. The highest BCUT2D eigenvalue weighted by Gasteiger charge is 2.15. The number of esters is 2. The van der Waals surface area contributed by atoms with Crippen LogP contribution in [0, 0.1) is 0 Å². The van der Waals surface area contributed by atoms with E-state index in [1.807, 2.05) is 0 Å². The van der Waals surface area contributed by atoms with Gasteiger partial charge in [-0.2, -0.15) is 0 Å². The Morgan fingerprint density at radius 3 is 2.04 bits per heavy atom. The Labute approximate surface area is 174 Å². The van der Waals surface area contributed by atoms with Gasteiger partial charge in [-0.05, 0) is 75.2 Å². The number of carbonyl (C=O) groups excluding carboxylic acids is 2. The average Bonchev–Trinajstić information content (AvgIpc) is 2.64. The molecule has 2 aromatic carbocycles. The zero-order chi connectivity index (χ0) is 19.8. The zero-order valence-corrected chi connectivity index (χ0v) is 18.0. The molecule has 144 valence electrons. The highest BCUT2D eigenvalue weighted by molar-refractivity contribution is 9.10. The van der Waals surface area contributed by atoms with Gasteiger partial charge in [-0.3, -0.25) is 0 Å². The molecule has 2 rings (SSSR count). The number of carbonyl (C=O) groups is 2. The first kappa shape index (κ1) is 21.4. The molecule has 0 saturated carbocycles. The highest BCUT2D eigenvalue weighted by Crippen LogP contribution is 2.29. The molecule has 0 saturated heterocycles. The number of ether oxygens (including phenoxy) is 4. The van der Waals surface area contributed by atoms with Gasteiger partial charge in [0.2, 0.25) is 0 Å². The molecule has 0 atom stereocenters. The van der Waals surface area contributed by atoms with E-state index >= 15 is 0 Å². The largest absolute Gasteiger partial charge is 0.490 e. The van der Waals surface area contributed by atoms with E-state index in [2.05, 4.69) is 31.9 Å². The molecule has 0 bridgehead atoms. The standard InChI is InChI=1S/C19H18Br2O6/c1-3-25-18(22)12-5-7-17(15(21)10-12)27-19(23)13-4-6-16(14(20)11-13)26-9-8-24-2/h4-7,10-11H,3,8-9H2,1-2H3. The van der Waals surface area contributed by atoms with Gasteiger partial charge in [0.15, 0.2) is 0 Å². The Hall–Kier alpha value is -1.90. The Kier molecular flexibility index (Phi) is 8.27. The van der Waals surface area contributed by atoms with Crippen LogP contribution in [0.1, 0.15) is 27.6 Å². The molecule has 0 radical (unpaired) electrons. The topological polar surface area (TPSA) is 71.1 Å². The van der Waals surface area contributed by atoms with Crippen molar-refractivity contribution in [3.8, 4) is 11.5 Å². The van der Waals surface area contributed by atoms with Gasteiger partial charge in [-0.1, -0.05) is 0 Å². The summed E-state index contributed by atoms with van der Waals surface area (Å²) < 4.78 is 21.9. The normalized spacial score (nSPS) is 10.4. The van der Waals surface area contributed by atoms with Crippen LogP contribution in [-0.4, -0.2) is 38.9 Å². The minimum absolute atomic E-state index is 0.285. The fraction of sp³-hybridized carbons (Fsp3) is 0.263. The van der Waals surface area contributed by atoms with Gasteiger partial charge in [-0.25, -0.2) is 9.59 Å². The molecule has 0 heterocycles. The lowest BCUT2D eigenvalue weighted by Gasteiger charge is -2.10. The molecule has 0 aliphatic carbocycles. The minimum atomic E-state index is -0.538. The van der Waals surface area contributed by atoms with Gasteiger partial charge >= 0.3 is 11.9 Å². The van der Waals surface area contributed by atoms with E-state index in [0.717, 1.165) is 0 Å². The Balaban J connectivity index is 2.08. The summed E-state index contributed by atoms with van der Waals surface area (Å²) in [5, 5.41) is 0. The first-order valence-corrected chi connectivity index (χ1v) is 9.65. The molecule has 0 aliphatic rings. The summed E-state index contributed by atoms with van der Waals surface area (Å²) in [6, 6.07) is 9.51. The van der Waals surface area contributed by atoms with Crippen LogP contribution in [0.5, 0.6) is 11.5 Å². The van der Waals surface area contributed by atoms with Gasteiger partial charge < -0.3 is 18.9 Å². The van der Waals surface area contributed by atoms with Crippen molar-refractivity contribution in [1.29, 1.82) is 0 Å². The molecular weight excluding hydrogens is 484 g/mol. The predicted octanol–water partition coefficient (Wildman–Crippen LogP) is 4.63. The Morgan fingerprint density at radius 2 is 1.48 bits per heavy atom.